The molecule has 3 aliphatic carbocycles. The number of hydrogen-bond acceptors (Lipinski definition) is 0. The summed E-state index contributed by atoms with van der Waals surface area (Å²) in [6, 6.07) is 9.15. The van der Waals surface area contributed by atoms with E-state index in [2.05, 4.69) is 56.3 Å². The molecule has 1 aromatic rings. The first-order chi connectivity index (χ1) is 11.2. The molecule has 0 heteroatoms. The summed E-state index contributed by atoms with van der Waals surface area (Å²) in [6.07, 6.45) is 15.7. The number of rotatable bonds is 2. The van der Waals surface area contributed by atoms with Crippen LogP contribution in [0.4, 0.5) is 0 Å². The van der Waals surface area contributed by atoms with E-state index in [1.54, 1.807) is 16.7 Å². The Kier molecular flexibility index (Phi) is 4.01. The minimum atomic E-state index is 0.550. The molecule has 2 atom stereocenters. The summed E-state index contributed by atoms with van der Waals surface area (Å²) < 4.78 is 0. The highest BCUT2D eigenvalue weighted by atomic mass is 14.4. The van der Waals surface area contributed by atoms with E-state index in [4.69, 9.17) is 0 Å². The average molecular weight is 304 g/mol. The van der Waals surface area contributed by atoms with Gasteiger partial charge in [-0.05, 0) is 56.1 Å². The number of fused-ring (bicyclic) bond motifs is 1. The topological polar surface area (TPSA) is 0 Å². The van der Waals surface area contributed by atoms with Crippen LogP contribution >= 0.6 is 0 Å². The number of benzene rings is 1. The Morgan fingerprint density at radius 3 is 2.48 bits per heavy atom. The zero-order chi connectivity index (χ0) is 15.8. The van der Waals surface area contributed by atoms with Crippen LogP contribution in [0.15, 0.2) is 53.1 Å². The van der Waals surface area contributed by atoms with Gasteiger partial charge in [-0.2, -0.15) is 0 Å². The summed E-state index contributed by atoms with van der Waals surface area (Å²) in [5, 5.41) is 0. The van der Waals surface area contributed by atoms with E-state index in [0.29, 0.717) is 5.92 Å². The Hall–Kier alpha value is -1.56. The van der Waals surface area contributed by atoms with Crippen molar-refractivity contribution in [2.45, 2.75) is 58.3 Å². The van der Waals surface area contributed by atoms with Gasteiger partial charge in [-0.25, -0.2) is 0 Å². The van der Waals surface area contributed by atoms with E-state index >= 15 is 0 Å². The fraction of sp³-hybridized carbons (Fsp3) is 0.478. The van der Waals surface area contributed by atoms with Gasteiger partial charge in [0.15, 0.2) is 0 Å². The summed E-state index contributed by atoms with van der Waals surface area (Å²) in [5.74, 6) is 2.19. The van der Waals surface area contributed by atoms with Crippen LogP contribution in [0.1, 0.15) is 69.4 Å². The van der Waals surface area contributed by atoms with Crippen molar-refractivity contribution < 1.29 is 0 Å². The highest BCUT2D eigenvalue weighted by molar-refractivity contribution is 5.64. The van der Waals surface area contributed by atoms with Gasteiger partial charge in [0.25, 0.3) is 0 Å². The first kappa shape index (κ1) is 15.0. The summed E-state index contributed by atoms with van der Waals surface area (Å²) in [7, 11) is 0. The SMILES string of the molecule is CC1=C(C)C(C2=Cc3ccccc3C(C3CCCCC3)C2)C=C1. The van der Waals surface area contributed by atoms with Crippen molar-refractivity contribution in [3.8, 4) is 0 Å². The third-order valence-corrected chi connectivity index (χ3v) is 6.44. The maximum atomic E-state index is 2.49. The molecule has 0 spiro atoms. The first-order valence-corrected chi connectivity index (χ1v) is 9.39. The van der Waals surface area contributed by atoms with Crippen molar-refractivity contribution in [3.05, 3.63) is 64.3 Å². The Bertz CT molecular complexity index is 680. The average Bonchev–Trinajstić information content (AvgIpc) is 2.94. The second-order valence-corrected chi connectivity index (χ2v) is 7.76. The van der Waals surface area contributed by atoms with E-state index in [9.17, 15) is 0 Å². The van der Waals surface area contributed by atoms with Crippen LogP contribution in [-0.2, 0) is 0 Å². The lowest BCUT2D eigenvalue weighted by Gasteiger charge is -2.36. The Balaban J connectivity index is 1.70. The van der Waals surface area contributed by atoms with Gasteiger partial charge >= 0.3 is 0 Å². The summed E-state index contributed by atoms with van der Waals surface area (Å²) in [4.78, 5) is 0. The third kappa shape index (κ3) is 2.73. The number of allylic oxidation sites excluding steroid dienone is 5. The first-order valence-electron chi connectivity index (χ1n) is 9.39. The van der Waals surface area contributed by atoms with Gasteiger partial charge in [0, 0.05) is 5.92 Å². The second kappa shape index (κ2) is 6.15. The van der Waals surface area contributed by atoms with Crippen LogP contribution in [0.5, 0.6) is 0 Å². The summed E-state index contributed by atoms with van der Waals surface area (Å²) in [5.41, 5.74) is 7.76. The van der Waals surface area contributed by atoms with Crippen LogP contribution in [0.3, 0.4) is 0 Å². The molecule has 0 bridgehead atoms. The van der Waals surface area contributed by atoms with E-state index in [1.165, 1.54) is 49.7 Å². The molecule has 23 heavy (non-hydrogen) atoms. The highest BCUT2D eigenvalue weighted by Crippen LogP contribution is 2.47. The smallest absolute Gasteiger partial charge is 0.0196 e. The quantitative estimate of drug-likeness (QED) is 0.573. The lowest BCUT2D eigenvalue weighted by Crippen LogP contribution is -2.21. The molecule has 0 saturated heterocycles. The van der Waals surface area contributed by atoms with Crippen molar-refractivity contribution in [2.75, 3.05) is 0 Å². The van der Waals surface area contributed by atoms with Crippen LogP contribution in [0, 0.1) is 11.8 Å². The molecule has 0 nitrogen and oxygen atoms in total. The Labute approximate surface area is 141 Å². The van der Waals surface area contributed by atoms with Gasteiger partial charge in [-0.3, -0.25) is 0 Å². The largest absolute Gasteiger partial charge is 0.0730 e. The Morgan fingerprint density at radius 2 is 1.74 bits per heavy atom. The van der Waals surface area contributed by atoms with Gasteiger partial charge in [0.05, 0.1) is 0 Å². The zero-order valence-corrected chi connectivity index (χ0v) is 14.5. The van der Waals surface area contributed by atoms with Crippen molar-refractivity contribution in [2.24, 2.45) is 11.8 Å². The predicted molar refractivity (Wildman–Crippen MR) is 99.4 cm³/mol. The van der Waals surface area contributed by atoms with Crippen molar-refractivity contribution in [3.63, 3.8) is 0 Å². The molecule has 0 radical (unpaired) electrons. The predicted octanol–water partition coefficient (Wildman–Crippen LogP) is 6.66. The molecule has 1 aromatic carbocycles. The van der Waals surface area contributed by atoms with Gasteiger partial charge in [0.1, 0.15) is 0 Å². The molecule has 4 rings (SSSR count). The lowest BCUT2D eigenvalue weighted by molar-refractivity contribution is 0.299. The van der Waals surface area contributed by atoms with Gasteiger partial charge in [-0.1, -0.05) is 78.5 Å². The lowest BCUT2D eigenvalue weighted by atomic mass is 9.69. The number of hydrogen-bond donors (Lipinski definition) is 0. The van der Waals surface area contributed by atoms with Crippen molar-refractivity contribution >= 4 is 6.08 Å². The van der Waals surface area contributed by atoms with Crippen LogP contribution in [-0.4, -0.2) is 0 Å². The molecule has 2 unspecified atom stereocenters. The fourth-order valence-electron chi connectivity index (χ4n) is 4.94. The highest BCUT2D eigenvalue weighted by Gasteiger charge is 2.32. The van der Waals surface area contributed by atoms with E-state index in [1.807, 2.05) is 0 Å². The molecular weight excluding hydrogens is 276 g/mol. The van der Waals surface area contributed by atoms with Crippen molar-refractivity contribution in [1.82, 2.24) is 0 Å². The maximum Gasteiger partial charge on any atom is 0.0196 e. The van der Waals surface area contributed by atoms with Gasteiger partial charge in [-0.15, -0.1) is 0 Å². The van der Waals surface area contributed by atoms with E-state index in [-0.39, 0.29) is 0 Å². The summed E-state index contributed by atoms with van der Waals surface area (Å²) in [6.45, 7) is 4.57. The second-order valence-electron chi connectivity index (χ2n) is 7.76. The van der Waals surface area contributed by atoms with Gasteiger partial charge < -0.3 is 0 Å². The molecule has 0 aromatic heterocycles. The van der Waals surface area contributed by atoms with Crippen LogP contribution < -0.4 is 0 Å². The maximum absolute atomic E-state index is 2.49. The minimum Gasteiger partial charge on any atom is -0.0730 e. The molecule has 3 aliphatic rings. The normalized spacial score (nSPS) is 28.0. The third-order valence-electron chi connectivity index (χ3n) is 6.44. The van der Waals surface area contributed by atoms with Crippen LogP contribution in [0.25, 0.3) is 6.08 Å². The Morgan fingerprint density at radius 1 is 0.957 bits per heavy atom. The molecule has 0 aliphatic heterocycles. The zero-order valence-electron chi connectivity index (χ0n) is 14.5. The standard InChI is InChI=1S/C23H28/c1-16-12-13-21(17(16)2)20-14-19-10-6-7-11-22(19)23(15-20)18-8-4-3-5-9-18/h6-7,10-14,18,21,23H,3-5,8-9,15H2,1-2H3. The molecule has 0 heterocycles. The monoisotopic (exact) mass is 304 g/mol. The molecule has 1 fully saturated rings. The van der Waals surface area contributed by atoms with E-state index in [0.717, 1.165) is 11.8 Å². The molecule has 0 amide bonds. The molecular formula is C23H28. The van der Waals surface area contributed by atoms with Gasteiger partial charge in [0.2, 0.25) is 0 Å². The minimum absolute atomic E-state index is 0.550. The van der Waals surface area contributed by atoms with Crippen molar-refractivity contribution in [1.29, 1.82) is 0 Å². The fourth-order valence-corrected chi connectivity index (χ4v) is 4.94. The van der Waals surface area contributed by atoms with E-state index < -0.39 is 0 Å². The van der Waals surface area contributed by atoms with Crippen LogP contribution in [0.2, 0.25) is 0 Å². The molecule has 1 saturated carbocycles. The molecule has 120 valence electrons. The summed E-state index contributed by atoms with van der Waals surface area (Å²) >= 11 is 0. The molecule has 0 N–H and O–H groups in total.